The molecule has 0 saturated heterocycles. The first-order valence-corrected chi connectivity index (χ1v) is 5.55. The SMILES string of the molecule is Cc1cc(O)c(NC(=O)CCCl)cc1CO[O-].[Na+]. The molecule has 2 N–H and O–H groups in total. The normalized spacial score (nSPS) is 9.72. The number of rotatable bonds is 5. The largest absolute Gasteiger partial charge is 1.00 e. The zero-order valence-electron chi connectivity index (χ0n) is 10.3. The molecule has 0 bridgehead atoms. The molecular formula is C11H13ClNNaO4. The first-order valence-electron chi connectivity index (χ1n) is 5.01. The van der Waals surface area contributed by atoms with E-state index in [1.165, 1.54) is 12.1 Å². The van der Waals surface area contributed by atoms with Crippen molar-refractivity contribution < 1.29 is 49.6 Å². The van der Waals surface area contributed by atoms with Gasteiger partial charge in [-0.3, -0.25) is 4.79 Å². The van der Waals surface area contributed by atoms with Gasteiger partial charge in [-0.15, -0.1) is 11.6 Å². The molecule has 0 unspecified atom stereocenters. The third-order valence-corrected chi connectivity index (χ3v) is 2.45. The van der Waals surface area contributed by atoms with Crippen molar-refractivity contribution in [3.8, 4) is 5.75 Å². The summed E-state index contributed by atoms with van der Waals surface area (Å²) in [6.07, 6.45) is 0.155. The van der Waals surface area contributed by atoms with Crippen molar-refractivity contribution in [2.75, 3.05) is 11.2 Å². The van der Waals surface area contributed by atoms with Crippen LogP contribution < -0.4 is 40.1 Å². The summed E-state index contributed by atoms with van der Waals surface area (Å²) >= 11 is 5.42. The van der Waals surface area contributed by atoms with Crippen LogP contribution in [0.25, 0.3) is 0 Å². The minimum Gasteiger partial charge on any atom is -0.723 e. The van der Waals surface area contributed by atoms with Crippen LogP contribution in [0.15, 0.2) is 12.1 Å². The van der Waals surface area contributed by atoms with Gasteiger partial charge in [0.15, 0.2) is 0 Å². The predicted octanol–water partition coefficient (Wildman–Crippen LogP) is -1.94. The summed E-state index contributed by atoms with van der Waals surface area (Å²) < 4.78 is 0. The molecule has 0 saturated carbocycles. The van der Waals surface area contributed by atoms with Gasteiger partial charge in [-0.2, -0.15) is 0 Å². The van der Waals surface area contributed by atoms with E-state index in [0.717, 1.165) is 0 Å². The molecule has 5 nitrogen and oxygen atoms in total. The van der Waals surface area contributed by atoms with E-state index in [9.17, 15) is 15.2 Å². The molecule has 0 fully saturated rings. The van der Waals surface area contributed by atoms with Crippen LogP contribution in [-0.4, -0.2) is 16.9 Å². The number of hydrogen-bond acceptors (Lipinski definition) is 4. The molecule has 1 amide bonds. The predicted molar refractivity (Wildman–Crippen MR) is 61.6 cm³/mol. The summed E-state index contributed by atoms with van der Waals surface area (Å²) in [5.74, 6) is -0.150. The number of benzene rings is 1. The van der Waals surface area contributed by atoms with Crippen LogP contribution in [0.4, 0.5) is 5.69 Å². The van der Waals surface area contributed by atoms with Gasteiger partial charge >= 0.3 is 29.6 Å². The Balaban J connectivity index is 0.00000289. The minimum absolute atomic E-state index is 0. The van der Waals surface area contributed by atoms with E-state index in [2.05, 4.69) is 10.2 Å². The number of aromatic hydroxyl groups is 1. The molecule has 0 aliphatic rings. The van der Waals surface area contributed by atoms with E-state index in [4.69, 9.17) is 11.6 Å². The van der Waals surface area contributed by atoms with E-state index in [1.807, 2.05) is 0 Å². The number of aryl methyl sites for hydroxylation is 1. The van der Waals surface area contributed by atoms with Crippen LogP contribution in [0.3, 0.4) is 0 Å². The quantitative estimate of drug-likeness (QED) is 0.216. The summed E-state index contributed by atoms with van der Waals surface area (Å²) in [6, 6.07) is 2.97. The summed E-state index contributed by atoms with van der Waals surface area (Å²) in [5, 5.41) is 22.2. The Hall–Kier alpha value is -0.300. The Morgan fingerprint density at radius 2 is 2.22 bits per heavy atom. The Labute approximate surface area is 132 Å². The number of phenols is 1. The molecule has 7 heteroatoms. The van der Waals surface area contributed by atoms with Crippen molar-refractivity contribution in [1.29, 1.82) is 0 Å². The van der Waals surface area contributed by atoms with E-state index >= 15 is 0 Å². The van der Waals surface area contributed by atoms with Gasteiger partial charge in [0.1, 0.15) is 5.75 Å². The van der Waals surface area contributed by atoms with Gasteiger partial charge in [-0.25, -0.2) is 0 Å². The average Bonchev–Trinajstić information content (AvgIpc) is 2.25. The summed E-state index contributed by atoms with van der Waals surface area (Å²) in [6.45, 7) is 1.61. The van der Waals surface area contributed by atoms with Gasteiger partial charge in [0.2, 0.25) is 5.91 Å². The third kappa shape index (κ3) is 5.14. The smallest absolute Gasteiger partial charge is 0.723 e. The fraction of sp³-hybridized carbons (Fsp3) is 0.364. The van der Waals surface area contributed by atoms with Crippen LogP contribution in [0.2, 0.25) is 0 Å². The monoisotopic (exact) mass is 281 g/mol. The molecule has 0 spiro atoms. The molecule has 0 aromatic heterocycles. The molecule has 94 valence electrons. The molecule has 0 atom stereocenters. The number of nitrogens with one attached hydrogen (secondary N) is 1. The average molecular weight is 282 g/mol. The summed E-state index contributed by atoms with van der Waals surface area (Å²) in [4.78, 5) is 15.1. The van der Waals surface area contributed by atoms with Crippen LogP contribution in [0.5, 0.6) is 5.75 Å². The number of carbonyl (C=O) groups excluding carboxylic acids is 1. The molecule has 0 aliphatic carbocycles. The minimum atomic E-state index is -0.298. The maximum Gasteiger partial charge on any atom is 1.00 e. The molecule has 0 aliphatic heterocycles. The molecule has 0 radical (unpaired) electrons. The van der Waals surface area contributed by atoms with Crippen molar-refractivity contribution in [2.24, 2.45) is 0 Å². The second-order valence-electron chi connectivity index (χ2n) is 3.55. The van der Waals surface area contributed by atoms with Crippen molar-refractivity contribution in [3.63, 3.8) is 0 Å². The third-order valence-electron chi connectivity index (χ3n) is 2.26. The van der Waals surface area contributed by atoms with Gasteiger partial charge < -0.3 is 20.6 Å². The zero-order chi connectivity index (χ0) is 12.8. The number of halogens is 1. The standard InChI is InChI=1S/C11H14ClNO4.Na/c1-7-4-10(14)9(5-8(7)6-17-16)13-11(15)2-3-12;/h4-5,14,16H,2-3,6H2,1H3,(H,13,15);/q;+1/p-1. The Bertz CT molecular complexity index is 414. The number of hydrogen-bond donors (Lipinski definition) is 2. The number of phenolic OH excluding ortho intramolecular Hbond substituents is 1. The fourth-order valence-corrected chi connectivity index (χ4v) is 1.53. The Kier molecular flexibility index (Phi) is 8.60. The molecular weight excluding hydrogens is 269 g/mol. The van der Waals surface area contributed by atoms with Crippen molar-refractivity contribution in [3.05, 3.63) is 23.3 Å². The van der Waals surface area contributed by atoms with Crippen LogP contribution in [0, 0.1) is 6.92 Å². The maximum absolute atomic E-state index is 11.3. The van der Waals surface area contributed by atoms with Gasteiger partial charge in [0.05, 0.1) is 12.3 Å². The molecule has 1 rings (SSSR count). The maximum atomic E-state index is 11.3. The second-order valence-corrected chi connectivity index (χ2v) is 3.92. The molecule has 18 heavy (non-hydrogen) atoms. The van der Waals surface area contributed by atoms with Gasteiger partial charge in [-0.05, 0) is 30.2 Å². The number of anilines is 1. The van der Waals surface area contributed by atoms with E-state index in [0.29, 0.717) is 11.1 Å². The molecule has 0 heterocycles. The fourth-order valence-electron chi connectivity index (χ4n) is 1.36. The first kappa shape index (κ1) is 17.7. The number of amides is 1. The zero-order valence-corrected chi connectivity index (χ0v) is 13.1. The Morgan fingerprint density at radius 3 is 2.78 bits per heavy atom. The molecule has 1 aromatic carbocycles. The van der Waals surface area contributed by atoms with Gasteiger partial charge in [0.25, 0.3) is 0 Å². The van der Waals surface area contributed by atoms with Crippen molar-refractivity contribution >= 4 is 23.2 Å². The first-order chi connectivity index (χ1) is 8.08. The van der Waals surface area contributed by atoms with E-state index in [1.54, 1.807) is 6.92 Å². The van der Waals surface area contributed by atoms with Crippen LogP contribution >= 0.6 is 11.6 Å². The summed E-state index contributed by atoms with van der Waals surface area (Å²) in [5.41, 5.74) is 1.57. The molecule has 1 aromatic rings. The van der Waals surface area contributed by atoms with Gasteiger partial charge in [-0.1, -0.05) is 0 Å². The number of alkyl halides is 1. The van der Waals surface area contributed by atoms with Gasteiger partial charge in [0, 0.05) is 12.3 Å². The van der Waals surface area contributed by atoms with Crippen LogP contribution in [0.1, 0.15) is 17.5 Å². The number of carbonyl (C=O) groups is 1. The Morgan fingerprint density at radius 1 is 1.56 bits per heavy atom. The summed E-state index contributed by atoms with van der Waals surface area (Å²) in [7, 11) is 0. The van der Waals surface area contributed by atoms with Crippen LogP contribution in [-0.2, 0) is 16.3 Å². The topological polar surface area (TPSA) is 81.6 Å². The van der Waals surface area contributed by atoms with Crippen molar-refractivity contribution in [1.82, 2.24) is 0 Å². The van der Waals surface area contributed by atoms with E-state index in [-0.39, 0.29) is 65.8 Å². The second kappa shape index (κ2) is 8.74. The van der Waals surface area contributed by atoms with E-state index < -0.39 is 0 Å². The van der Waals surface area contributed by atoms with Crippen molar-refractivity contribution in [2.45, 2.75) is 20.0 Å².